The molecule has 27 heavy (non-hydrogen) atoms. The number of halogens is 3. The van der Waals surface area contributed by atoms with E-state index in [0.29, 0.717) is 11.7 Å². The van der Waals surface area contributed by atoms with Crippen molar-refractivity contribution in [2.45, 2.75) is 57.5 Å². The van der Waals surface area contributed by atoms with Gasteiger partial charge in [0, 0.05) is 5.56 Å². The third-order valence-electron chi connectivity index (χ3n) is 5.76. The fraction of sp³-hybridized carbons (Fsp3) is 0.478. The summed E-state index contributed by atoms with van der Waals surface area (Å²) in [6.45, 7) is 2.24. The topological polar surface area (TPSA) is 9.23 Å². The van der Waals surface area contributed by atoms with Crippen molar-refractivity contribution in [3.8, 4) is 16.9 Å². The number of hydrogen-bond acceptors (Lipinski definition) is 1. The Morgan fingerprint density at radius 3 is 2.19 bits per heavy atom. The predicted octanol–water partition coefficient (Wildman–Crippen LogP) is 7.45. The second kappa shape index (κ2) is 8.37. The van der Waals surface area contributed by atoms with Gasteiger partial charge in [-0.2, -0.15) is 13.2 Å². The Bertz CT molecular complexity index is 741. The number of benzene rings is 2. The van der Waals surface area contributed by atoms with E-state index in [0.717, 1.165) is 29.2 Å². The summed E-state index contributed by atoms with van der Waals surface area (Å²) in [5.74, 6) is 2.06. The molecule has 0 saturated heterocycles. The van der Waals surface area contributed by atoms with Crippen LogP contribution < -0.4 is 4.74 Å². The first-order chi connectivity index (χ1) is 12.9. The van der Waals surface area contributed by atoms with Gasteiger partial charge in [-0.1, -0.05) is 38.0 Å². The van der Waals surface area contributed by atoms with E-state index in [4.69, 9.17) is 4.74 Å². The van der Waals surface area contributed by atoms with Crippen LogP contribution in [0.15, 0.2) is 42.5 Å². The maximum Gasteiger partial charge on any atom is 0.416 e. The van der Waals surface area contributed by atoms with Crippen molar-refractivity contribution in [3.05, 3.63) is 53.6 Å². The Morgan fingerprint density at radius 1 is 0.963 bits per heavy atom. The van der Waals surface area contributed by atoms with Crippen LogP contribution in [-0.2, 0) is 6.18 Å². The van der Waals surface area contributed by atoms with Crippen molar-refractivity contribution in [2.75, 3.05) is 7.11 Å². The molecule has 0 atom stereocenters. The van der Waals surface area contributed by atoms with Crippen LogP contribution in [0.1, 0.15) is 62.5 Å². The van der Waals surface area contributed by atoms with Crippen LogP contribution in [-0.4, -0.2) is 7.11 Å². The zero-order valence-electron chi connectivity index (χ0n) is 16.0. The summed E-state index contributed by atoms with van der Waals surface area (Å²) < 4.78 is 44.0. The highest BCUT2D eigenvalue weighted by atomic mass is 19.4. The molecule has 4 heteroatoms. The van der Waals surface area contributed by atoms with Crippen LogP contribution in [0.2, 0.25) is 0 Å². The molecule has 1 aliphatic rings. The second-order valence-electron chi connectivity index (χ2n) is 7.54. The van der Waals surface area contributed by atoms with Crippen LogP contribution in [0.25, 0.3) is 11.1 Å². The van der Waals surface area contributed by atoms with Gasteiger partial charge in [0.2, 0.25) is 0 Å². The molecule has 0 heterocycles. The van der Waals surface area contributed by atoms with Crippen molar-refractivity contribution >= 4 is 0 Å². The maximum absolute atomic E-state index is 12.8. The number of ether oxygens (including phenoxy) is 1. The number of hydrogen-bond donors (Lipinski definition) is 0. The van der Waals surface area contributed by atoms with Gasteiger partial charge >= 0.3 is 6.18 Å². The first kappa shape index (κ1) is 19.8. The minimum absolute atomic E-state index is 0.525. The zero-order valence-corrected chi connectivity index (χ0v) is 16.0. The average molecular weight is 376 g/mol. The molecule has 0 spiro atoms. The van der Waals surface area contributed by atoms with Crippen molar-refractivity contribution in [1.29, 1.82) is 0 Å². The molecule has 0 aromatic heterocycles. The third kappa shape index (κ3) is 4.66. The van der Waals surface area contributed by atoms with Crippen molar-refractivity contribution in [2.24, 2.45) is 5.92 Å². The van der Waals surface area contributed by atoms with Crippen LogP contribution >= 0.6 is 0 Å². The minimum Gasteiger partial charge on any atom is -0.496 e. The zero-order chi connectivity index (χ0) is 19.4. The first-order valence-corrected chi connectivity index (χ1v) is 9.78. The monoisotopic (exact) mass is 376 g/mol. The molecule has 2 aromatic rings. The quantitative estimate of drug-likeness (QED) is 0.526. The fourth-order valence-electron chi connectivity index (χ4n) is 4.24. The highest BCUT2D eigenvalue weighted by molar-refractivity contribution is 5.71. The molecule has 0 amide bonds. The lowest BCUT2D eigenvalue weighted by Crippen LogP contribution is -2.13. The molecule has 1 fully saturated rings. The maximum atomic E-state index is 12.8. The van der Waals surface area contributed by atoms with Crippen molar-refractivity contribution in [1.82, 2.24) is 0 Å². The first-order valence-electron chi connectivity index (χ1n) is 9.78. The average Bonchev–Trinajstić information content (AvgIpc) is 2.68. The third-order valence-corrected chi connectivity index (χ3v) is 5.76. The number of methoxy groups -OCH3 is 1. The Labute approximate surface area is 159 Å². The summed E-state index contributed by atoms with van der Waals surface area (Å²) in [6, 6.07) is 11.5. The van der Waals surface area contributed by atoms with Crippen molar-refractivity contribution in [3.63, 3.8) is 0 Å². The van der Waals surface area contributed by atoms with Gasteiger partial charge in [-0.15, -0.1) is 0 Å². The van der Waals surface area contributed by atoms with E-state index in [1.54, 1.807) is 7.11 Å². The molecule has 0 unspecified atom stereocenters. The Hall–Kier alpha value is -1.97. The van der Waals surface area contributed by atoms with E-state index in [1.807, 2.05) is 6.07 Å². The highest BCUT2D eigenvalue weighted by Gasteiger charge is 2.30. The van der Waals surface area contributed by atoms with E-state index in [9.17, 15) is 13.2 Å². The van der Waals surface area contributed by atoms with Crippen LogP contribution in [0, 0.1) is 5.92 Å². The van der Waals surface area contributed by atoms with Crippen LogP contribution in [0.5, 0.6) is 5.75 Å². The standard InChI is InChI=1S/C23H27F3O/c1-3-4-16-5-7-17(8-6-16)19-11-14-22(27-2)21(15-19)18-9-12-20(13-10-18)23(24,25)26/h9-17H,3-8H2,1-2H3. The van der Waals surface area contributed by atoms with Gasteiger partial charge in [0.25, 0.3) is 0 Å². The summed E-state index contributed by atoms with van der Waals surface area (Å²) in [7, 11) is 1.60. The molecule has 1 saturated carbocycles. The summed E-state index contributed by atoms with van der Waals surface area (Å²) in [5, 5.41) is 0. The smallest absolute Gasteiger partial charge is 0.416 e. The van der Waals surface area contributed by atoms with Gasteiger partial charge in [-0.3, -0.25) is 0 Å². The minimum atomic E-state index is -4.32. The van der Waals surface area contributed by atoms with Gasteiger partial charge in [0.1, 0.15) is 5.75 Å². The summed E-state index contributed by atoms with van der Waals surface area (Å²) in [6.07, 6.45) is 3.14. The van der Waals surface area contributed by atoms with Crippen LogP contribution in [0.3, 0.4) is 0 Å². The van der Waals surface area contributed by atoms with Gasteiger partial charge in [-0.25, -0.2) is 0 Å². The van der Waals surface area contributed by atoms with E-state index in [-0.39, 0.29) is 0 Å². The Kier molecular flexibility index (Phi) is 6.13. The SMILES string of the molecule is CCCC1CCC(c2ccc(OC)c(-c3ccc(C(F)(F)F)cc3)c2)CC1. The molecule has 2 aromatic carbocycles. The fourth-order valence-corrected chi connectivity index (χ4v) is 4.24. The molecule has 0 radical (unpaired) electrons. The van der Waals surface area contributed by atoms with E-state index in [1.165, 1.54) is 56.2 Å². The molecule has 146 valence electrons. The molecular weight excluding hydrogens is 349 g/mol. The highest BCUT2D eigenvalue weighted by Crippen LogP contribution is 2.41. The van der Waals surface area contributed by atoms with Gasteiger partial charge in [0.05, 0.1) is 12.7 Å². The summed E-state index contributed by atoms with van der Waals surface area (Å²) >= 11 is 0. The summed E-state index contributed by atoms with van der Waals surface area (Å²) in [5.41, 5.74) is 2.25. The van der Waals surface area contributed by atoms with E-state index >= 15 is 0 Å². The summed E-state index contributed by atoms with van der Waals surface area (Å²) in [4.78, 5) is 0. The van der Waals surface area contributed by atoms with E-state index < -0.39 is 11.7 Å². The molecular formula is C23H27F3O. The number of rotatable bonds is 5. The second-order valence-corrected chi connectivity index (χ2v) is 7.54. The lowest BCUT2D eigenvalue weighted by molar-refractivity contribution is -0.137. The predicted molar refractivity (Wildman–Crippen MR) is 103 cm³/mol. The molecule has 0 aliphatic heterocycles. The van der Waals surface area contributed by atoms with Crippen molar-refractivity contribution < 1.29 is 17.9 Å². The van der Waals surface area contributed by atoms with Gasteiger partial charge in [0.15, 0.2) is 0 Å². The Morgan fingerprint density at radius 2 is 1.63 bits per heavy atom. The molecule has 1 nitrogen and oxygen atoms in total. The lowest BCUT2D eigenvalue weighted by atomic mass is 9.77. The molecule has 3 rings (SSSR count). The molecule has 0 N–H and O–H groups in total. The number of alkyl halides is 3. The normalized spacial score (nSPS) is 20.5. The largest absolute Gasteiger partial charge is 0.496 e. The van der Waals surface area contributed by atoms with Gasteiger partial charge < -0.3 is 4.74 Å². The molecule has 0 bridgehead atoms. The lowest BCUT2D eigenvalue weighted by Gasteiger charge is -2.29. The van der Waals surface area contributed by atoms with E-state index in [2.05, 4.69) is 19.1 Å². The molecule has 1 aliphatic carbocycles. The van der Waals surface area contributed by atoms with Crippen LogP contribution in [0.4, 0.5) is 13.2 Å². The Balaban J connectivity index is 1.84. The van der Waals surface area contributed by atoms with Gasteiger partial charge in [-0.05, 0) is 72.9 Å².